The quantitative estimate of drug-likeness (QED) is 0.769. The van der Waals surface area contributed by atoms with Gasteiger partial charge in [-0.1, -0.05) is 18.2 Å². The van der Waals surface area contributed by atoms with Gasteiger partial charge in [0.15, 0.2) is 11.5 Å². The lowest BCUT2D eigenvalue weighted by molar-refractivity contribution is -0.136. The van der Waals surface area contributed by atoms with Gasteiger partial charge in [-0.2, -0.15) is 0 Å². The molecule has 0 amide bonds. The van der Waals surface area contributed by atoms with E-state index >= 15 is 0 Å². The van der Waals surface area contributed by atoms with Crippen molar-refractivity contribution in [3.8, 4) is 11.5 Å². The predicted molar refractivity (Wildman–Crippen MR) is 98.1 cm³/mol. The molecule has 26 heavy (non-hydrogen) atoms. The van der Waals surface area contributed by atoms with Gasteiger partial charge >= 0.3 is 5.97 Å². The maximum absolute atomic E-state index is 13.0. The van der Waals surface area contributed by atoms with Gasteiger partial charge in [0.25, 0.3) is 0 Å². The average Bonchev–Trinajstić information content (AvgIpc) is 3.13. The Kier molecular flexibility index (Phi) is 6.00. The molecule has 2 aromatic rings. The Morgan fingerprint density at radius 1 is 1.23 bits per heavy atom. The number of hydrogen-bond donors (Lipinski definition) is 2. The first-order valence-corrected chi connectivity index (χ1v) is 9.26. The van der Waals surface area contributed by atoms with Crippen LogP contribution in [-0.2, 0) is 11.4 Å². The second kappa shape index (κ2) is 8.42. The Hall–Kier alpha value is -2.25. The van der Waals surface area contributed by atoms with Crippen LogP contribution in [0.5, 0.6) is 11.5 Å². The van der Waals surface area contributed by atoms with E-state index in [-0.39, 0.29) is 11.2 Å². The minimum atomic E-state index is -0.811. The summed E-state index contributed by atoms with van der Waals surface area (Å²) in [6, 6.07) is 11.7. The van der Waals surface area contributed by atoms with E-state index in [1.807, 2.05) is 25.1 Å². The van der Waals surface area contributed by atoms with Crippen molar-refractivity contribution in [2.75, 3.05) is 13.2 Å². The molecule has 1 heterocycles. The minimum Gasteiger partial charge on any atom is -0.490 e. The van der Waals surface area contributed by atoms with E-state index in [4.69, 9.17) is 14.6 Å². The zero-order chi connectivity index (χ0) is 18.5. The lowest BCUT2D eigenvalue weighted by atomic mass is 10.2. The van der Waals surface area contributed by atoms with Crippen molar-refractivity contribution in [3.63, 3.8) is 0 Å². The van der Waals surface area contributed by atoms with Crippen LogP contribution < -0.4 is 14.8 Å². The van der Waals surface area contributed by atoms with Crippen LogP contribution >= 0.6 is 11.8 Å². The first kappa shape index (κ1) is 18.5. The highest BCUT2D eigenvalue weighted by Gasteiger charge is 2.31. The maximum Gasteiger partial charge on any atom is 0.318 e. The number of ether oxygens (including phenoxy) is 2. The maximum atomic E-state index is 13.0. The Bertz CT molecular complexity index is 769. The number of hydrogen-bond acceptors (Lipinski definition) is 5. The Morgan fingerprint density at radius 3 is 2.65 bits per heavy atom. The molecular formula is C19H20FNO4S. The summed E-state index contributed by atoms with van der Waals surface area (Å²) < 4.78 is 24.5. The summed E-state index contributed by atoms with van der Waals surface area (Å²) >= 11 is 1.37. The monoisotopic (exact) mass is 377 g/mol. The number of rotatable bonds is 7. The number of halogens is 1. The van der Waals surface area contributed by atoms with Crippen molar-refractivity contribution < 1.29 is 23.8 Å². The van der Waals surface area contributed by atoms with E-state index in [1.54, 1.807) is 12.1 Å². The summed E-state index contributed by atoms with van der Waals surface area (Å²) in [6.07, 6.45) is 0. The number of carboxylic acids is 1. The zero-order valence-corrected chi connectivity index (χ0v) is 15.1. The molecule has 0 spiro atoms. The molecule has 1 aliphatic rings. The molecule has 2 N–H and O–H groups in total. The fraction of sp³-hybridized carbons (Fsp3) is 0.316. The molecule has 5 nitrogen and oxygen atoms in total. The zero-order valence-electron chi connectivity index (χ0n) is 14.3. The minimum absolute atomic E-state index is 0.0959. The van der Waals surface area contributed by atoms with Gasteiger partial charge < -0.3 is 14.6 Å². The SMILES string of the molecule is CCOc1cc([C@H]2NC[C@H](C(=O)O)S2)ccc1OCc1ccc(F)cc1. The van der Waals surface area contributed by atoms with Gasteiger partial charge in [-0.15, -0.1) is 11.8 Å². The molecule has 0 radical (unpaired) electrons. The lowest BCUT2D eigenvalue weighted by Crippen LogP contribution is -2.21. The fourth-order valence-corrected chi connectivity index (χ4v) is 3.77. The molecule has 0 saturated carbocycles. The van der Waals surface area contributed by atoms with Gasteiger partial charge in [-0.25, -0.2) is 4.39 Å². The highest BCUT2D eigenvalue weighted by atomic mass is 32.2. The highest BCUT2D eigenvalue weighted by Crippen LogP contribution is 2.39. The normalized spacial score (nSPS) is 19.3. The summed E-state index contributed by atoms with van der Waals surface area (Å²) in [5, 5.41) is 11.8. The Labute approximate surface area is 155 Å². The van der Waals surface area contributed by atoms with Crippen molar-refractivity contribution in [2.24, 2.45) is 0 Å². The van der Waals surface area contributed by atoms with Crippen LogP contribution in [-0.4, -0.2) is 29.5 Å². The molecular weight excluding hydrogens is 357 g/mol. The van der Waals surface area contributed by atoms with Crippen molar-refractivity contribution in [2.45, 2.75) is 24.2 Å². The first-order valence-electron chi connectivity index (χ1n) is 8.32. The molecule has 0 aliphatic carbocycles. The molecule has 0 unspecified atom stereocenters. The van der Waals surface area contributed by atoms with Crippen molar-refractivity contribution in [1.82, 2.24) is 5.32 Å². The third-order valence-corrected chi connectivity index (χ3v) is 5.35. The fourth-order valence-electron chi connectivity index (χ4n) is 2.63. The molecule has 0 aromatic heterocycles. The van der Waals surface area contributed by atoms with Crippen LogP contribution in [0.3, 0.4) is 0 Å². The van der Waals surface area contributed by atoms with E-state index in [0.29, 0.717) is 31.3 Å². The van der Waals surface area contributed by atoms with Crippen LogP contribution in [0.2, 0.25) is 0 Å². The summed E-state index contributed by atoms with van der Waals surface area (Å²) in [7, 11) is 0. The van der Waals surface area contributed by atoms with E-state index in [1.165, 1.54) is 23.9 Å². The third-order valence-electron chi connectivity index (χ3n) is 3.94. The molecule has 2 aromatic carbocycles. The van der Waals surface area contributed by atoms with Crippen LogP contribution in [0.1, 0.15) is 23.4 Å². The van der Waals surface area contributed by atoms with Gasteiger partial charge in [0.1, 0.15) is 17.7 Å². The molecule has 3 rings (SSSR count). The largest absolute Gasteiger partial charge is 0.490 e. The summed E-state index contributed by atoms with van der Waals surface area (Å²) in [5.41, 5.74) is 1.80. The Balaban J connectivity index is 1.72. The van der Waals surface area contributed by atoms with E-state index in [0.717, 1.165) is 11.1 Å². The number of carbonyl (C=O) groups is 1. The topological polar surface area (TPSA) is 67.8 Å². The Morgan fingerprint density at radius 2 is 2.00 bits per heavy atom. The van der Waals surface area contributed by atoms with Crippen molar-refractivity contribution in [3.05, 3.63) is 59.4 Å². The lowest BCUT2D eigenvalue weighted by Gasteiger charge is -2.16. The molecule has 2 atom stereocenters. The van der Waals surface area contributed by atoms with Gasteiger partial charge in [0, 0.05) is 6.54 Å². The third kappa shape index (κ3) is 4.47. The molecule has 138 valence electrons. The highest BCUT2D eigenvalue weighted by molar-refractivity contribution is 8.01. The standard InChI is InChI=1S/C19H20FNO4S/c1-2-24-16-9-13(18-21-10-17(26-18)19(22)23)5-8-15(16)25-11-12-3-6-14(20)7-4-12/h3-9,17-18,21H,2,10-11H2,1H3,(H,22,23)/t17-,18+/m1/s1. The average molecular weight is 377 g/mol. The number of aliphatic carboxylic acids is 1. The van der Waals surface area contributed by atoms with Crippen LogP contribution in [0.25, 0.3) is 0 Å². The molecule has 1 saturated heterocycles. The van der Waals surface area contributed by atoms with Crippen molar-refractivity contribution in [1.29, 1.82) is 0 Å². The smallest absolute Gasteiger partial charge is 0.318 e. The number of benzene rings is 2. The van der Waals surface area contributed by atoms with E-state index in [9.17, 15) is 9.18 Å². The van der Waals surface area contributed by atoms with Crippen LogP contribution in [0.4, 0.5) is 4.39 Å². The van der Waals surface area contributed by atoms with Crippen molar-refractivity contribution >= 4 is 17.7 Å². The number of carboxylic acid groups (broad SMARTS) is 1. The summed E-state index contributed by atoms with van der Waals surface area (Å²) in [5.74, 6) is 0.106. The van der Waals surface area contributed by atoms with Gasteiger partial charge in [0.05, 0.1) is 12.0 Å². The van der Waals surface area contributed by atoms with Crippen LogP contribution in [0, 0.1) is 5.82 Å². The van der Waals surface area contributed by atoms with Gasteiger partial charge in [-0.05, 0) is 42.3 Å². The van der Waals surface area contributed by atoms with Gasteiger partial charge in [-0.3, -0.25) is 10.1 Å². The first-order chi connectivity index (χ1) is 12.6. The second-order valence-electron chi connectivity index (χ2n) is 5.81. The number of nitrogens with one attached hydrogen (secondary N) is 1. The number of thioether (sulfide) groups is 1. The second-order valence-corrected chi connectivity index (χ2v) is 7.12. The van der Waals surface area contributed by atoms with E-state index in [2.05, 4.69) is 5.32 Å². The summed E-state index contributed by atoms with van der Waals surface area (Å²) in [6.45, 7) is 3.10. The molecule has 1 aliphatic heterocycles. The predicted octanol–water partition coefficient (Wildman–Crippen LogP) is 3.59. The van der Waals surface area contributed by atoms with Gasteiger partial charge in [0.2, 0.25) is 0 Å². The molecule has 1 fully saturated rings. The molecule has 0 bridgehead atoms. The van der Waals surface area contributed by atoms with E-state index < -0.39 is 11.2 Å². The van der Waals surface area contributed by atoms with Crippen LogP contribution in [0.15, 0.2) is 42.5 Å². The molecule has 7 heteroatoms. The summed E-state index contributed by atoms with van der Waals surface area (Å²) in [4.78, 5) is 11.1.